The SMILES string of the molecule is CCC1=Nc2cccc(C#CC(C)O)c2C(=O)[NH2+]1. The van der Waals surface area contributed by atoms with E-state index in [1.165, 1.54) is 0 Å². The zero-order valence-electron chi connectivity index (χ0n) is 10.4. The van der Waals surface area contributed by atoms with Crippen molar-refractivity contribution in [2.75, 3.05) is 0 Å². The molecule has 4 heteroatoms. The Morgan fingerprint density at radius 1 is 1.50 bits per heavy atom. The number of rotatable bonds is 1. The summed E-state index contributed by atoms with van der Waals surface area (Å²) in [5.41, 5.74) is 1.81. The molecule has 1 heterocycles. The zero-order valence-corrected chi connectivity index (χ0v) is 10.4. The lowest BCUT2D eigenvalue weighted by Gasteiger charge is -2.11. The number of hydrogen-bond acceptors (Lipinski definition) is 3. The van der Waals surface area contributed by atoms with E-state index in [1.807, 2.05) is 19.1 Å². The van der Waals surface area contributed by atoms with Crippen molar-refractivity contribution in [1.82, 2.24) is 0 Å². The molecule has 1 aliphatic heterocycles. The fourth-order valence-electron chi connectivity index (χ4n) is 1.77. The molecule has 2 rings (SSSR count). The van der Waals surface area contributed by atoms with E-state index in [0.29, 0.717) is 16.8 Å². The molecule has 0 radical (unpaired) electrons. The van der Waals surface area contributed by atoms with Gasteiger partial charge in [0, 0.05) is 12.0 Å². The summed E-state index contributed by atoms with van der Waals surface area (Å²) in [6, 6.07) is 5.40. The van der Waals surface area contributed by atoms with Crippen molar-refractivity contribution in [2.45, 2.75) is 26.4 Å². The van der Waals surface area contributed by atoms with Gasteiger partial charge < -0.3 is 5.11 Å². The van der Waals surface area contributed by atoms with Crippen LogP contribution < -0.4 is 5.32 Å². The summed E-state index contributed by atoms with van der Waals surface area (Å²) in [4.78, 5) is 16.5. The number of quaternary nitrogens is 1. The molecule has 1 unspecified atom stereocenters. The molecule has 0 fully saturated rings. The Bertz CT molecular complexity index is 577. The summed E-state index contributed by atoms with van der Waals surface area (Å²) in [7, 11) is 0. The fraction of sp³-hybridized carbons (Fsp3) is 0.286. The number of aliphatic hydroxyl groups is 1. The van der Waals surface area contributed by atoms with Crippen LogP contribution in [0.3, 0.4) is 0 Å². The number of fused-ring (bicyclic) bond motifs is 1. The summed E-state index contributed by atoms with van der Waals surface area (Å²) in [5.74, 6) is 6.20. The number of aliphatic hydroxyl groups excluding tert-OH is 1. The van der Waals surface area contributed by atoms with Crippen molar-refractivity contribution in [1.29, 1.82) is 0 Å². The van der Waals surface area contributed by atoms with E-state index in [1.54, 1.807) is 18.3 Å². The van der Waals surface area contributed by atoms with Gasteiger partial charge in [-0.15, -0.1) is 0 Å². The lowest BCUT2D eigenvalue weighted by atomic mass is 10.0. The van der Waals surface area contributed by atoms with E-state index in [0.717, 1.165) is 12.3 Å². The highest BCUT2D eigenvalue weighted by atomic mass is 16.3. The van der Waals surface area contributed by atoms with Gasteiger partial charge in [0.2, 0.25) is 5.84 Å². The molecule has 0 bridgehead atoms. The highest BCUT2D eigenvalue weighted by Crippen LogP contribution is 2.23. The number of benzene rings is 1. The summed E-state index contributed by atoms with van der Waals surface area (Å²) in [5, 5.41) is 10.7. The first-order valence-corrected chi connectivity index (χ1v) is 5.91. The number of aliphatic imine (C=N–C) groups is 1. The maximum atomic E-state index is 12.1. The maximum Gasteiger partial charge on any atom is 0.352 e. The van der Waals surface area contributed by atoms with Crippen LogP contribution in [0.4, 0.5) is 5.69 Å². The highest BCUT2D eigenvalue weighted by molar-refractivity contribution is 6.03. The van der Waals surface area contributed by atoms with Crippen molar-refractivity contribution in [3.05, 3.63) is 29.3 Å². The first-order valence-electron chi connectivity index (χ1n) is 5.91. The van der Waals surface area contributed by atoms with Crippen molar-refractivity contribution in [3.8, 4) is 11.8 Å². The van der Waals surface area contributed by atoms with Crippen LogP contribution in [0.25, 0.3) is 0 Å². The van der Waals surface area contributed by atoms with E-state index >= 15 is 0 Å². The normalized spacial score (nSPS) is 15.3. The van der Waals surface area contributed by atoms with Crippen LogP contribution in [0.15, 0.2) is 23.2 Å². The van der Waals surface area contributed by atoms with Crippen LogP contribution in [0, 0.1) is 11.8 Å². The number of carbonyl (C=O) groups is 1. The number of nitrogens with two attached hydrogens (primary N) is 1. The summed E-state index contributed by atoms with van der Waals surface area (Å²) in [6.07, 6.45) is 0.0209. The summed E-state index contributed by atoms with van der Waals surface area (Å²) in [6.45, 7) is 3.55. The van der Waals surface area contributed by atoms with Crippen LogP contribution in [-0.4, -0.2) is 23.0 Å². The van der Waals surface area contributed by atoms with E-state index in [2.05, 4.69) is 16.8 Å². The molecule has 4 nitrogen and oxygen atoms in total. The second-order valence-electron chi connectivity index (χ2n) is 4.11. The van der Waals surface area contributed by atoms with Gasteiger partial charge in [-0.3, -0.25) is 0 Å². The minimum Gasteiger partial charge on any atom is -0.381 e. The van der Waals surface area contributed by atoms with Gasteiger partial charge in [0.15, 0.2) is 0 Å². The minimum atomic E-state index is -0.710. The van der Waals surface area contributed by atoms with Crippen LogP contribution in [0.1, 0.15) is 36.2 Å². The molecule has 1 atom stereocenters. The second-order valence-corrected chi connectivity index (χ2v) is 4.11. The zero-order chi connectivity index (χ0) is 13.1. The Labute approximate surface area is 106 Å². The second kappa shape index (κ2) is 5.13. The minimum absolute atomic E-state index is 0.0626. The Hall–Kier alpha value is -1.96. The molecule has 0 aliphatic carbocycles. The molecule has 1 aromatic carbocycles. The van der Waals surface area contributed by atoms with Crippen LogP contribution in [0.5, 0.6) is 0 Å². The van der Waals surface area contributed by atoms with Gasteiger partial charge in [-0.2, -0.15) is 4.99 Å². The van der Waals surface area contributed by atoms with E-state index in [-0.39, 0.29) is 5.91 Å². The molecule has 0 saturated heterocycles. The van der Waals surface area contributed by atoms with E-state index in [4.69, 9.17) is 5.11 Å². The smallest absolute Gasteiger partial charge is 0.352 e. The molecule has 3 N–H and O–H groups in total. The molecule has 92 valence electrons. The topological polar surface area (TPSA) is 66.3 Å². The Morgan fingerprint density at radius 3 is 2.94 bits per heavy atom. The van der Waals surface area contributed by atoms with Gasteiger partial charge >= 0.3 is 5.91 Å². The molecule has 1 amide bonds. The number of primary amides is 1. The molecule has 0 saturated carbocycles. The largest absolute Gasteiger partial charge is 0.381 e. The van der Waals surface area contributed by atoms with Crippen molar-refractivity contribution < 1.29 is 15.2 Å². The Morgan fingerprint density at radius 2 is 2.28 bits per heavy atom. The molecular weight excluding hydrogens is 228 g/mol. The van der Waals surface area contributed by atoms with E-state index in [9.17, 15) is 4.79 Å². The first kappa shape index (κ1) is 12.5. The molecule has 1 aromatic rings. The number of carbonyl (C=O) groups excluding carboxylic acids is 1. The first-order chi connectivity index (χ1) is 8.61. The van der Waals surface area contributed by atoms with E-state index < -0.39 is 6.10 Å². The predicted octanol–water partition coefficient (Wildman–Crippen LogP) is 0.576. The van der Waals surface area contributed by atoms with Crippen molar-refractivity contribution >= 4 is 17.4 Å². The number of amides is 1. The lowest BCUT2D eigenvalue weighted by Crippen LogP contribution is -2.92. The maximum absolute atomic E-state index is 12.1. The standard InChI is InChI=1S/C14H14N2O2/c1-3-12-15-11-6-4-5-10(8-7-9(2)17)13(11)14(18)16-12/h4-6,9,17H,3H2,1-2H3,(H,15,16,18)/p+1. The van der Waals surface area contributed by atoms with Gasteiger partial charge in [0.1, 0.15) is 11.7 Å². The van der Waals surface area contributed by atoms with Crippen LogP contribution in [0.2, 0.25) is 0 Å². The van der Waals surface area contributed by atoms with Gasteiger partial charge in [0.05, 0.1) is 5.69 Å². The average molecular weight is 243 g/mol. The van der Waals surface area contributed by atoms with Gasteiger partial charge in [-0.05, 0) is 19.1 Å². The third-order valence-corrected chi connectivity index (χ3v) is 2.63. The third-order valence-electron chi connectivity index (χ3n) is 2.63. The predicted molar refractivity (Wildman–Crippen MR) is 68.6 cm³/mol. The monoisotopic (exact) mass is 243 g/mol. The van der Waals surface area contributed by atoms with Crippen molar-refractivity contribution in [2.24, 2.45) is 4.99 Å². The van der Waals surface area contributed by atoms with Gasteiger partial charge in [-0.25, -0.2) is 10.1 Å². The Kier molecular flexibility index (Phi) is 3.56. The number of nitrogens with zero attached hydrogens (tertiary/aromatic N) is 1. The molecular formula is C14H15N2O2+. The molecule has 0 spiro atoms. The Balaban J connectivity index is 2.52. The lowest BCUT2D eigenvalue weighted by molar-refractivity contribution is -0.433. The molecule has 1 aliphatic rings. The highest BCUT2D eigenvalue weighted by Gasteiger charge is 2.25. The number of amidine groups is 1. The van der Waals surface area contributed by atoms with Gasteiger partial charge in [0.25, 0.3) is 0 Å². The number of hydrogen-bond donors (Lipinski definition) is 2. The summed E-state index contributed by atoms with van der Waals surface area (Å²) < 4.78 is 0. The van der Waals surface area contributed by atoms with Crippen LogP contribution in [-0.2, 0) is 0 Å². The fourth-order valence-corrected chi connectivity index (χ4v) is 1.77. The van der Waals surface area contributed by atoms with Crippen molar-refractivity contribution in [3.63, 3.8) is 0 Å². The quantitative estimate of drug-likeness (QED) is 0.708. The van der Waals surface area contributed by atoms with Gasteiger partial charge in [-0.1, -0.05) is 24.8 Å². The van der Waals surface area contributed by atoms with Crippen LogP contribution >= 0.6 is 0 Å². The average Bonchev–Trinajstić information content (AvgIpc) is 2.35. The third kappa shape index (κ3) is 2.48. The molecule has 18 heavy (non-hydrogen) atoms. The summed E-state index contributed by atoms with van der Waals surface area (Å²) >= 11 is 0. The molecule has 0 aromatic heterocycles.